The van der Waals surface area contributed by atoms with Gasteiger partial charge in [0.1, 0.15) is 5.75 Å². The number of hydrogen-bond donors (Lipinski definition) is 3. The molecule has 8 nitrogen and oxygen atoms in total. The zero-order valence-corrected chi connectivity index (χ0v) is 22.9. The summed E-state index contributed by atoms with van der Waals surface area (Å²) < 4.78 is 10.6. The summed E-state index contributed by atoms with van der Waals surface area (Å²) in [6, 6.07) is 7.12. The standard InChI is InChI=1S/C29H45N3O5/c1-19(27(34)30-13-14-32-15-17-37-18-16-32)23-9-11-29(3)12-10-24(20(2)25(29)26(23)33)31-28(35)21-5-7-22(36-4)8-6-21/h5-8,19-20,23-26,33H,9-18H2,1-4H3,(H,30,34)(H,31,35)/t19-,20+,23?,24-,25+,26-,29-/m0/s1. The average Bonchev–Trinajstić information content (AvgIpc) is 2.90. The minimum absolute atomic E-state index is 0.0151. The molecule has 2 saturated carbocycles. The van der Waals surface area contributed by atoms with Gasteiger partial charge in [0.25, 0.3) is 5.91 Å². The van der Waals surface area contributed by atoms with E-state index in [-0.39, 0.29) is 46.9 Å². The highest BCUT2D eigenvalue weighted by Crippen LogP contribution is 2.55. The lowest BCUT2D eigenvalue weighted by Crippen LogP contribution is -2.58. The molecule has 7 atom stereocenters. The molecule has 1 saturated heterocycles. The van der Waals surface area contributed by atoms with Gasteiger partial charge in [0, 0.05) is 43.7 Å². The summed E-state index contributed by atoms with van der Waals surface area (Å²) in [4.78, 5) is 28.3. The summed E-state index contributed by atoms with van der Waals surface area (Å²) in [7, 11) is 1.61. The Morgan fingerprint density at radius 1 is 1.19 bits per heavy atom. The van der Waals surface area contributed by atoms with Crippen molar-refractivity contribution in [1.82, 2.24) is 15.5 Å². The van der Waals surface area contributed by atoms with Gasteiger partial charge in [-0.2, -0.15) is 0 Å². The van der Waals surface area contributed by atoms with E-state index in [1.807, 2.05) is 6.92 Å². The van der Waals surface area contributed by atoms with E-state index in [9.17, 15) is 14.7 Å². The quantitative estimate of drug-likeness (QED) is 0.492. The van der Waals surface area contributed by atoms with Crippen molar-refractivity contribution in [3.63, 3.8) is 0 Å². The van der Waals surface area contributed by atoms with Crippen LogP contribution in [0.3, 0.4) is 0 Å². The third kappa shape index (κ3) is 6.29. The van der Waals surface area contributed by atoms with E-state index in [1.165, 1.54) is 0 Å². The monoisotopic (exact) mass is 515 g/mol. The molecule has 1 aromatic rings. The van der Waals surface area contributed by atoms with Crippen molar-refractivity contribution in [2.75, 3.05) is 46.5 Å². The van der Waals surface area contributed by atoms with Crippen LogP contribution in [0, 0.1) is 29.1 Å². The van der Waals surface area contributed by atoms with Crippen LogP contribution in [0.15, 0.2) is 24.3 Å². The summed E-state index contributed by atoms with van der Waals surface area (Å²) in [6.45, 7) is 11.1. The number of amides is 2. The predicted molar refractivity (Wildman–Crippen MR) is 142 cm³/mol. The van der Waals surface area contributed by atoms with Gasteiger partial charge >= 0.3 is 0 Å². The Hall–Kier alpha value is -2.16. The fourth-order valence-electron chi connectivity index (χ4n) is 7.01. The number of ether oxygens (including phenoxy) is 2. The number of morpholine rings is 1. The minimum Gasteiger partial charge on any atom is -0.497 e. The zero-order valence-electron chi connectivity index (χ0n) is 22.9. The molecular formula is C29H45N3O5. The van der Waals surface area contributed by atoms with Crippen molar-refractivity contribution in [2.24, 2.45) is 29.1 Å². The van der Waals surface area contributed by atoms with Gasteiger partial charge in [0.15, 0.2) is 0 Å². The molecule has 3 aliphatic rings. The number of fused-ring (bicyclic) bond motifs is 1. The number of benzene rings is 1. The number of nitrogens with one attached hydrogen (secondary N) is 2. The maximum atomic E-state index is 13.0. The van der Waals surface area contributed by atoms with Gasteiger partial charge in [0.2, 0.25) is 5.91 Å². The molecule has 3 N–H and O–H groups in total. The van der Waals surface area contributed by atoms with Gasteiger partial charge in [-0.25, -0.2) is 0 Å². The zero-order chi connectivity index (χ0) is 26.6. The Morgan fingerprint density at radius 3 is 2.54 bits per heavy atom. The Bertz CT molecular complexity index is 919. The van der Waals surface area contributed by atoms with Crippen molar-refractivity contribution in [1.29, 1.82) is 0 Å². The SMILES string of the molecule is COc1ccc(C(=O)N[C@H]2CC[C@]3(C)CCC([C@H](C)C(=O)NCCN4CCOCC4)[C@H](O)[C@H]3[C@@H]2C)cc1. The molecule has 2 aliphatic carbocycles. The van der Waals surface area contributed by atoms with Crippen LogP contribution >= 0.6 is 0 Å². The maximum Gasteiger partial charge on any atom is 0.251 e. The van der Waals surface area contributed by atoms with Crippen molar-refractivity contribution in [3.05, 3.63) is 29.8 Å². The summed E-state index contributed by atoms with van der Waals surface area (Å²) in [5.74, 6) is 0.437. The molecule has 1 aromatic carbocycles. The number of aliphatic hydroxyl groups is 1. The summed E-state index contributed by atoms with van der Waals surface area (Å²) in [5.41, 5.74) is 0.620. The van der Waals surface area contributed by atoms with Crippen LogP contribution in [-0.4, -0.2) is 80.5 Å². The van der Waals surface area contributed by atoms with Crippen LogP contribution in [0.25, 0.3) is 0 Å². The molecular weight excluding hydrogens is 470 g/mol. The lowest BCUT2D eigenvalue weighted by Gasteiger charge is -2.56. The van der Waals surface area contributed by atoms with Gasteiger partial charge in [-0.15, -0.1) is 0 Å². The molecule has 0 radical (unpaired) electrons. The van der Waals surface area contributed by atoms with Crippen molar-refractivity contribution in [3.8, 4) is 5.75 Å². The summed E-state index contributed by atoms with van der Waals surface area (Å²) in [5, 5.41) is 18.0. The first-order chi connectivity index (χ1) is 17.7. The molecule has 1 heterocycles. The van der Waals surface area contributed by atoms with Gasteiger partial charge in [-0.1, -0.05) is 20.8 Å². The van der Waals surface area contributed by atoms with Crippen LogP contribution in [0.5, 0.6) is 5.75 Å². The van der Waals surface area contributed by atoms with Crippen LogP contribution < -0.4 is 15.4 Å². The lowest BCUT2D eigenvalue weighted by atomic mass is 9.51. The number of rotatable bonds is 8. The summed E-state index contributed by atoms with van der Waals surface area (Å²) >= 11 is 0. The first kappa shape index (κ1) is 27.9. The van der Waals surface area contributed by atoms with Crippen LogP contribution in [0.1, 0.15) is 56.8 Å². The minimum atomic E-state index is -0.575. The second kappa shape index (κ2) is 12.1. The molecule has 1 aliphatic heterocycles. The number of carbonyl (C=O) groups is 2. The molecule has 3 fully saturated rings. The van der Waals surface area contributed by atoms with Crippen LogP contribution in [-0.2, 0) is 9.53 Å². The Kier molecular flexibility index (Phi) is 9.14. The highest BCUT2D eigenvalue weighted by molar-refractivity contribution is 5.94. The number of methoxy groups -OCH3 is 1. The molecule has 4 rings (SSSR count). The molecule has 2 amide bonds. The molecule has 206 valence electrons. The molecule has 8 heteroatoms. The van der Waals surface area contributed by atoms with Gasteiger partial charge in [0.05, 0.1) is 26.4 Å². The number of carbonyl (C=O) groups excluding carboxylic acids is 2. The number of aliphatic hydroxyl groups excluding tert-OH is 1. The van der Waals surface area contributed by atoms with Crippen LogP contribution in [0.4, 0.5) is 0 Å². The average molecular weight is 516 g/mol. The van der Waals surface area contributed by atoms with Crippen LogP contribution in [0.2, 0.25) is 0 Å². The largest absolute Gasteiger partial charge is 0.497 e. The van der Waals surface area contributed by atoms with Gasteiger partial charge in [-0.3, -0.25) is 14.5 Å². The topological polar surface area (TPSA) is 100 Å². The van der Waals surface area contributed by atoms with Crippen molar-refractivity contribution < 1.29 is 24.2 Å². The Labute approximate surface area is 221 Å². The molecule has 0 aromatic heterocycles. The fraction of sp³-hybridized carbons (Fsp3) is 0.724. The van der Waals surface area contributed by atoms with E-state index in [0.717, 1.165) is 58.5 Å². The molecule has 0 spiro atoms. The Morgan fingerprint density at radius 2 is 1.86 bits per heavy atom. The van der Waals surface area contributed by atoms with E-state index >= 15 is 0 Å². The third-order valence-electron chi connectivity index (χ3n) is 9.44. The van der Waals surface area contributed by atoms with E-state index in [0.29, 0.717) is 17.9 Å². The molecule has 1 unspecified atom stereocenters. The fourth-order valence-corrected chi connectivity index (χ4v) is 7.01. The first-order valence-electron chi connectivity index (χ1n) is 13.9. The number of hydrogen-bond acceptors (Lipinski definition) is 6. The number of nitrogens with zero attached hydrogens (tertiary/aromatic N) is 1. The van der Waals surface area contributed by atoms with Crippen molar-refractivity contribution in [2.45, 2.75) is 58.6 Å². The van der Waals surface area contributed by atoms with E-state index in [2.05, 4.69) is 29.4 Å². The normalized spacial score (nSPS) is 33.2. The molecule has 0 bridgehead atoms. The second-order valence-corrected chi connectivity index (χ2v) is 11.6. The summed E-state index contributed by atoms with van der Waals surface area (Å²) in [6.07, 6.45) is 3.12. The van der Waals surface area contributed by atoms with Crippen molar-refractivity contribution >= 4 is 11.8 Å². The van der Waals surface area contributed by atoms with E-state index in [1.54, 1.807) is 31.4 Å². The van der Waals surface area contributed by atoms with Gasteiger partial charge in [-0.05, 0) is 73.1 Å². The highest BCUT2D eigenvalue weighted by atomic mass is 16.5. The van der Waals surface area contributed by atoms with E-state index in [4.69, 9.17) is 9.47 Å². The highest BCUT2D eigenvalue weighted by Gasteiger charge is 2.53. The molecule has 37 heavy (non-hydrogen) atoms. The lowest BCUT2D eigenvalue weighted by molar-refractivity contribution is -0.142. The Balaban J connectivity index is 1.35. The maximum absolute atomic E-state index is 13.0. The van der Waals surface area contributed by atoms with Gasteiger partial charge < -0.3 is 25.2 Å². The smallest absolute Gasteiger partial charge is 0.251 e. The predicted octanol–water partition coefficient (Wildman–Crippen LogP) is 2.70. The second-order valence-electron chi connectivity index (χ2n) is 11.6. The first-order valence-corrected chi connectivity index (χ1v) is 13.9. The third-order valence-corrected chi connectivity index (χ3v) is 9.44. The van der Waals surface area contributed by atoms with E-state index < -0.39 is 6.10 Å².